The molecule has 0 bridgehead atoms. The van der Waals surface area contributed by atoms with Crippen molar-refractivity contribution in [1.82, 2.24) is 0 Å². The van der Waals surface area contributed by atoms with Gasteiger partial charge in [0.25, 0.3) is 0 Å². The average Bonchev–Trinajstić information content (AvgIpc) is 3.19. The van der Waals surface area contributed by atoms with Crippen LogP contribution >= 0.6 is 0 Å². The van der Waals surface area contributed by atoms with Gasteiger partial charge in [-0.3, -0.25) is 19.2 Å². The minimum Gasteiger partial charge on any atom is -0.460 e. The van der Waals surface area contributed by atoms with Gasteiger partial charge in [0.15, 0.2) is 24.4 Å². The van der Waals surface area contributed by atoms with Crippen molar-refractivity contribution in [2.24, 2.45) is 23.7 Å². The molecule has 4 N–H and O–H groups in total. The Kier molecular flexibility index (Phi) is 16.0. The van der Waals surface area contributed by atoms with E-state index in [1.165, 1.54) is 0 Å². The summed E-state index contributed by atoms with van der Waals surface area (Å²) >= 11 is 0. The van der Waals surface area contributed by atoms with Gasteiger partial charge in [-0.05, 0) is 23.7 Å². The number of aliphatic hydroxyl groups is 4. The minimum absolute atomic E-state index is 0.00744. The second-order valence-electron chi connectivity index (χ2n) is 13.8. The maximum Gasteiger partial charge on any atom is 0.306 e. The van der Waals surface area contributed by atoms with E-state index in [0.29, 0.717) is 0 Å². The third kappa shape index (κ3) is 11.9. The summed E-state index contributed by atoms with van der Waals surface area (Å²) in [5, 5.41) is 43.3. The van der Waals surface area contributed by atoms with E-state index >= 15 is 0 Å². The van der Waals surface area contributed by atoms with Crippen LogP contribution in [0, 0.1) is 23.7 Å². The Hall–Kier alpha value is -2.40. The zero-order chi connectivity index (χ0) is 35.6. The SMILES string of the molecule is CC(C)CC(=O)OC[C@@]1(O[C@H]2O[C@H](CO)[C@@H](OC(=O)CC(C)C)[C@H](O)[C@H]2OC(=O)CC(C)C)O[C@H](CO)[C@@H](OC(=O)CC(C)C)[C@@H]1O. The molecule has 0 aromatic heterocycles. The van der Waals surface area contributed by atoms with Crippen molar-refractivity contribution in [3.63, 3.8) is 0 Å². The molecule has 2 fully saturated rings. The molecule has 0 amide bonds. The molecule has 2 heterocycles. The number of carbonyl (C=O) groups excluding carboxylic acids is 4. The van der Waals surface area contributed by atoms with E-state index < -0.39 is 98.5 Å². The summed E-state index contributed by atoms with van der Waals surface area (Å²) in [4.78, 5) is 50.6. The number of aliphatic hydroxyl groups excluding tert-OH is 4. The standard InChI is InChI=1S/C32H54O15/c1-16(2)9-22(35)41-15-32(30(40)28(21(14-34)46-32)44-24(37)11-18(5)6)47-31-29(45-25(38)12-19(7)8)26(39)27(20(13-33)42-31)43-23(36)10-17(3)4/h16-21,26-31,33-34,39-40H,9-15H2,1-8H3/t20-,21-,26+,27-,28-,29-,30+,31-,32+/m1/s1. The van der Waals surface area contributed by atoms with E-state index in [9.17, 15) is 39.6 Å². The normalized spacial score (nSPS) is 31.0. The second-order valence-corrected chi connectivity index (χ2v) is 13.8. The van der Waals surface area contributed by atoms with Gasteiger partial charge in [-0.25, -0.2) is 0 Å². The highest BCUT2D eigenvalue weighted by molar-refractivity contribution is 5.71. The molecular weight excluding hydrogens is 624 g/mol. The third-order valence-electron chi connectivity index (χ3n) is 7.31. The minimum atomic E-state index is -2.39. The van der Waals surface area contributed by atoms with Crippen molar-refractivity contribution in [3.05, 3.63) is 0 Å². The molecule has 2 saturated heterocycles. The highest BCUT2D eigenvalue weighted by Gasteiger charge is 2.62. The van der Waals surface area contributed by atoms with E-state index in [2.05, 4.69) is 0 Å². The van der Waals surface area contributed by atoms with Crippen molar-refractivity contribution in [2.75, 3.05) is 19.8 Å². The summed E-state index contributed by atoms with van der Waals surface area (Å²) in [5.74, 6) is -5.66. The molecule has 2 aliphatic heterocycles. The lowest BCUT2D eigenvalue weighted by Crippen LogP contribution is -2.64. The van der Waals surface area contributed by atoms with Crippen LogP contribution in [0.15, 0.2) is 0 Å². The average molecular weight is 679 g/mol. The van der Waals surface area contributed by atoms with Crippen molar-refractivity contribution in [2.45, 2.75) is 136 Å². The summed E-state index contributed by atoms with van der Waals surface area (Å²) in [5.41, 5.74) is 0. The summed E-state index contributed by atoms with van der Waals surface area (Å²) in [6, 6.07) is 0. The number of ether oxygens (including phenoxy) is 7. The van der Waals surface area contributed by atoms with E-state index in [4.69, 9.17) is 33.2 Å². The van der Waals surface area contributed by atoms with E-state index in [1.54, 1.807) is 55.4 Å². The van der Waals surface area contributed by atoms with Crippen LogP contribution < -0.4 is 0 Å². The Morgan fingerprint density at radius 3 is 1.51 bits per heavy atom. The van der Waals surface area contributed by atoms with Crippen molar-refractivity contribution < 1.29 is 72.8 Å². The Morgan fingerprint density at radius 1 is 0.638 bits per heavy atom. The summed E-state index contributed by atoms with van der Waals surface area (Å²) in [6.45, 7) is 11.9. The first-order valence-electron chi connectivity index (χ1n) is 16.3. The van der Waals surface area contributed by atoms with Gasteiger partial charge in [0.05, 0.1) is 13.2 Å². The fourth-order valence-electron chi connectivity index (χ4n) is 5.16. The van der Waals surface area contributed by atoms with Gasteiger partial charge in [-0.1, -0.05) is 55.4 Å². The lowest BCUT2D eigenvalue weighted by Gasteiger charge is -2.45. The number of esters is 4. The van der Waals surface area contributed by atoms with Crippen LogP contribution in [0.2, 0.25) is 0 Å². The molecule has 47 heavy (non-hydrogen) atoms. The number of hydrogen-bond donors (Lipinski definition) is 4. The van der Waals surface area contributed by atoms with Crippen LogP contribution in [0.1, 0.15) is 81.1 Å². The summed E-state index contributed by atoms with van der Waals surface area (Å²) in [6.07, 6.45) is -13.1. The largest absolute Gasteiger partial charge is 0.460 e. The quantitative estimate of drug-likeness (QED) is 0.125. The van der Waals surface area contributed by atoms with Crippen LogP contribution in [0.3, 0.4) is 0 Å². The topological polar surface area (TPSA) is 214 Å². The van der Waals surface area contributed by atoms with Gasteiger partial charge in [-0.15, -0.1) is 0 Å². The highest BCUT2D eigenvalue weighted by Crippen LogP contribution is 2.39. The molecular formula is C32H54O15. The van der Waals surface area contributed by atoms with Crippen molar-refractivity contribution in [3.8, 4) is 0 Å². The molecule has 2 aliphatic rings. The Bertz CT molecular complexity index is 1030. The maximum atomic E-state index is 12.9. The zero-order valence-corrected chi connectivity index (χ0v) is 28.7. The molecule has 272 valence electrons. The first-order valence-corrected chi connectivity index (χ1v) is 16.3. The molecule has 0 aromatic carbocycles. The third-order valence-corrected chi connectivity index (χ3v) is 7.31. The van der Waals surface area contributed by atoms with Crippen LogP contribution in [0.25, 0.3) is 0 Å². The van der Waals surface area contributed by atoms with Crippen LogP contribution in [-0.2, 0) is 52.3 Å². The number of carbonyl (C=O) groups is 4. The van der Waals surface area contributed by atoms with Crippen molar-refractivity contribution in [1.29, 1.82) is 0 Å². The van der Waals surface area contributed by atoms with Crippen LogP contribution in [0.4, 0.5) is 0 Å². The molecule has 0 aromatic rings. The zero-order valence-electron chi connectivity index (χ0n) is 28.7. The monoisotopic (exact) mass is 678 g/mol. The first kappa shape index (κ1) is 40.8. The molecule has 9 atom stereocenters. The predicted molar refractivity (Wildman–Crippen MR) is 162 cm³/mol. The Labute approximate surface area is 276 Å². The fourth-order valence-corrected chi connectivity index (χ4v) is 5.16. The van der Waals surface area contributed by atoms with Crippen LogP contribution in [-0.4, -0.2) is 119 Å². The molecule has 0 spiro atoms. The molecule has 0 unspecified atom stereocenters. The van der Waals surface area contributed by atoms with E-state index in [0.717, 1.165) is 0 Å². The van der Waals surface area contributed by atoms with E-state index in [-0.39, 0.29) is 49.4 Å². The number of rotatable bonds is 17. The van der Waals surface area contributed by atoms with E-state index in [1.807, 2.05) is 0 Å². The molecule has 15 heteroatoms. The van der Waals surface area contributed by atoms with Gasteiger partial charge >= 0.3 is 23.9 Å². The van der Waals surface area contributed by atoms with Crippen LogP contribution in [0.5, 0.6) is 0 Å². The number of hydrogen-bond acceptors (Lipinski definition) is 15. The second kappa shape index (κ2) is 18.4. The van der Waals surface area contributed by atoms with Gasteiger partial charge in [0.1, 0.15) is 24.9 Å². The lowest BCUT2D eigenvalue weighted by atomic mass is 9.97. The van der Waals surface area contributed by atoms with Crippen molar-refractivity contribution >= 4 is 23.9 Å². The van der Waals surface area contributed by atoms with Gasteiger partial charge in [-0.2, -0.15) is 0 Å². The molecule has 2 rings (SSSR count). The first-order chi connectivity index (χ1) is 21.9. The Balaban J connectivity index is 2.53. The van der Waals surface area contributed by atoms with Gasteiger partial charge in [0, 0.05) is 25.7 Å². The fraction of sp³-hybridized carbons (Fsp3) is 0.875. The maximum absolute atomic E-state index is 12.9. The smallest absolute Gasteiger partial charge is 0.306 e. The predicted octanol–water partition coefficient (Wildman–Crippen LogP) is 0.992. The molecule has 15 nitrogen and oxygen atoms in total. The highest BCUT2D eigenvalue weighted by atomic mass is 16.8. The molecule has 0 radical (unpaired) electrons. The summed E-state index contributed by atoms with van der Waals surface area (Å²) < 4.78 is 39.8. The summed E-state index contributed by atoms with van der Waals surface area (Å²) in [7, 11) is 0. The molecule has 0 saturated carbocycles. The van der Waals surface area contributed by atoms with Gasteiger partial charge in [0.2, 0.25) is 12.1 Å². The van der Waals surface area contributed by atoms with Gasteiger partial charge < -0.3 is 53.6 Å². The Morgan fingerprint density at radius 2 is 1.06 bits per heavy atom. The lowest BCUT2D eigenvalue weighted by molar-refractivity contribution is -0.384. The molecule has 0 aliphatic carbocycles.